The van der Waals surface area contributed by atoms with Crippen molar-refractivity contribution in [3.63, 3.8) is 0 Å². The largest absolute Gasteiger partial charge is 0.322 e. The molecule has 6 atom stereocenters. The lowest BCUT2D eigenvalue weighted by molar-refractivity contribution is -0.131. The fourth-order valence-corrected chi connectivity index (χ4v) is 6.59. The summed E-state index contributed by atoms with van der Waals surface area (Å²) < 4.78 is 0. The van der Waals surface area contributed by atoms with Crippen molar-refractivity contribution in [3.8, 4) is 0 Å². The van der Waals surface area contributed by atoms with Crippen LogP contribution in [0.25, 0.3) is 0 Å². The van der Waals surface area contributed by atoms with Crippen LogP contribution in [-0.2, 0) is 4.79 Å². The Balaban J connectivity index is 1.41. The molecule has 3 heteroatoms. The van der Waals surface area contributed by atoms with E-state index < -0.39 is 0 Å². The Morgan fingerprint density at radius 3 is 2.33 bits per heavy atom. The number of hydrogen-bond donors (Lipinski definition) is 1. The molecule has 21 heavy (non-hydrogen) atoms. The molecule has 5 fully saturated rings. The van der Waals surface area contributed by atoms with E-state index in [1.807, 2.05) is 0 Å². The lowest BCUT2D eigenvalue weighted by atomic mass is 10.0. The van der Waals surface area contributed by atoms with Gasteiger partial charge in [0, 0.05) is 6.04 Å². The zero-order valence-electron chi connectivity index (χ0n) is 13.1. The Morgan fingerprint density at radius 2 is 1.71 bits per heavy atom. The average molecular weight is 288 g/mol. The second-order valence-corrected chi connectivity index (χ2v) is 8.34. The minimum absolute atomic E-state index is 0.106. The molecule has 0 spiro atoms. The minimum Gasteiger partial charge on any atom is -0.322 e. The normalized spacial score (nSPS) is 52.0. The van der Waals surface area contributed by atoms with Gasteiger partial charge in [-0.15, -0.1) is 0 Å². The van der Waals surface area contributed by atoms with Gasteiger partial charge in [-0.1, -0.05) is 19.8 Å². The summed E-state index contributed by atoms with van der Waals surface area (Å²) in [4.78, 5) is 15.3. The van der Waals surface area contributed by atoms with Crippen LogP contribution in [0.3, 0.4) is 0 Å². The van der Waals surface area contributed by atoms with Crippen LogP contribution in [0.4, 0.5) is 0 Å². The van der Waals surface area contributed by atoms with Crippen LogP contribution in [0.15, 0.2) is 0 Å². The van der Waals surface area contributed by atoms with Gasteiger partial charge in [0.1, 0.15) is 0 Å². The van der Waals surface area contributed by atoms with Crippen molar-refractivity contribution < 1.29 is 4.79 Å². The summed E-state index contributed by atoms with van der Waals surface area (Å²) in [6.07, 6.45) is 11.1. The van der Waals surface area contributed by atoms with Gasteiger partial charge in [-0.25, -0.2) is 0 Å². The highest BCUT2D eigenvalue weighted by Crippen LogP contribution is 2.68. The zero-order valence-corrected chi connectivity index (χ0v) is 13.1. The maximum atomic E-state index is 12.9. The van der Waals surface area contributed by atoms with Crippen LogP contribution >= 0.6 is 0 Å². The number of carbonyl (C=O) groups excluding carboxylic acids is 1. The van der Waals surface area contributed by atoms with Crippen molar-refractivity contribution in [1.82, 2.24) is 10.2 Å². The second kappa shape index (κ2) is 4.47. The summed E-state index contributed by atoms with van der Waals surface area (Å²) in [5, 5.41) is 3.72. The number of hydrogen-bond acceptors (Lipinski definition) is 2. The molecule has 116 valence electrons. The molecule has 1 saturated heterocycles. The fraction of sp³-hybridized carbons (Fsp3) is 0.944. The molecular formula is C18H28N2O. The number of nitrogens with zero attached hydrogens (tertiary/aromatic N) is 1. The Bertz CT molecular complexity index is 442. The molecule has 4 aliphatic carbocycles. The molecule has 1 heterocycles. The van der Waals surface area contributed by atoms with Crippen molar-refractivity contribution in [2.24, 2.45) is 29.6 Å². The van der Waals surface area contributed by atoms with Crippen molar-refractivity contribution in [3.05, 3.63) is 0 Å². The van der Waals surface area contributed by atoms with Gasteiger partial charge < -0.3 is 4.90 Å². The second-order valence-electron chi connectivity index (χ2n) is 8.34. The molecule has 0 aromatic carbocycles. The van der Waals surface area contributed by atoms with Crippen molar-refractivity contribution >= 4 is 5.91 Å². The van der Waals surface area contributed by atoms with Gasteiger partial charge in [-0.05, 0) is 68.1 Å². The molecule has 0 aromatic rings. The van der Waals surface area contributed by atoms with Crippen LogP contribution in [0.5, 0.6) is 0 Å². The highest BCUT2D eigenvalue weighted by Gasteiger charge is 2.69. The summed E-state index contributed by atoms with van der Waals surface area (Å²) >= 11 is 0. The van der Waals surface area contributed by atoms with Crippen LogP contribution in [-0.4, -0.2) is 29.1 Å². The molecule has 5 rings (SSSR count). The summed E-state index contributed by atoms with van der Waals surface area (Å²) in [7, 11) is 0. The van der Waals surface area contributed by atoms with Gasteiger partial charge in [-0.3, -0.25) is 10.1 Å². The molecule has 0 radical (unpaired) electrons. The topological polar surface area (TPSA) is 32.3 Å². The standard InChI is InChI=1S/C18H28N2O/c1-2-13-18(21)20(17(19-13)10-5-3-4-6-10)16-14-11-7-8-12(9-11)15(14)16/h10-17,19H,2-9H2,1H3. The van der Waals surface area contributed by atoms with Crippen molar-refractivity contribution in [2.75, 3.05) is 0 Å². The quantitative estimate of drug-likeness (QED) is 0.866. The Labute approximate surface area is 127 Å². The van der Waals surface area contributed by atoms with E-state index in [1.165, 1.54) is 44.9 Å². The van der Waals surface area contributed by atoms with Crippen LogP contribution < -0.4 is 5.32 Å². The summed E-state index contributed by atoms with van der Waals surface area (Å²) in [6, 6.07) is 0.730. The fourth-order valence-electron chi connectivity index (χ4n) is 6.59. The highest BCUT2D eigenvalue weighted by atomic mass is 16.2. The molecule has 0 aromatic heterocycles. The molecule has 3 nitrogen and oxygen atoms in total. The average Bonchev–Trinajstić information content (AvgIpc) is 3.02. The van der Waals surface area contributed by atoms with E-state index in [9.17, 15) is 4.79 Å². The first kappa shape index (κ1) is 12.9. The van der Waals surface area contributed by atoms with Crippen LogP contribution in [0, 0.1) is 29.6 Å². The first-order chi connectivity index (χ1) is 10.3. The monoisotopic (exact) mass is 288 g/mol. The van der Waals surface area contributed by atoms with E-state index in [0.717, 1.165) is 36.0 Å². The van der Waals surface area contributed by atoms with E-state index >= 15 is 0 Å². The van der Waals surface area contributed by atoms with Crippen molar-refractivity contribution in [1.29, 1.82) is 0 Å². The van der Waals surface area contributed by atoms with Crippen LogP contribution in [0.1, 0.15) is 58.3 Å². The summed E-state index contributed by atoms with van der Waals surface area (Å²) in [5.41, 5.74) is 0. The molecule has 4 saturated carbocycles. The lowest BCUT2D eigenvalue weighted by Crippen LogP contribution is -2.45. The van der Waals surface area contributed by atoms with Gasteiger partial charge in [0.2, 0.25) is 5.91 Å². The van der Waals surface area contributed by atoms with Gasteiger partial charge >= 0.3 is 0 Å². The molecule has 2 bridgehead atoms. The maximum absolute atomic E-state index is 12.9. The molecule has 1 aliphatic heterocycles. The summed E-state index contributed by atoms with van der Waals surface area (Å²) in [6.45, 7) is 2.15. The van der Waals surface area contributed by atoms with Crippen molar-refractivity contribution in [2.45, 2.75) is 76.5 Å². The third-order valence-electron chi connectivity index (χ3n) is 7.49. The third-order valence-corrected chi connectivity index (χ3v) is 7.49. The van der Waals surface area contributed by atoms with Gasteiger partial charge in [0.25, 0.3) is 0 Å². The molecule has 5 aliphatic rings. The number of rotatable bonds is 3. The van der Waals surface area contributed by atoms with Gasteiger partial charge in [0.05, 0.1) is 12.2 Å². The number of amides is 1. The third kappa shape index (κ3) is 1.67. The maximum Gasteiger partial charge on any atom is 0.241 e. The molecule has 1 amide bonds. The Hall–Kier alpha value is -0.570. The van der Waals surface area contributed by atoms with Crippen LogP contribution in [0.2, 0.25) is 0 Å². The molecular weight excluding hydrogens is 260 g/mol. The number of carbonyl (C=O) groups is 1. The Morgan fingerprint density at radius 1 is 1.05 bits per heavy atom. The van der Waals surface area contributed by atoms with Gasteiger partial charge in [0.15, 0.2) is 0 Å². The number of nitrogens with one attached hydrogen (secondary N) is 1. The van der Waals surface area contributed by atoms with E-state index in [2.05, 4.69) is 17.1 Å². The molecule has 6 unspecified atom stereocenters. The molecule has 1 N–H and O–H groups in total. The zero-order chi connectivity index (χ0) is 14.1. The van der Waals surface area contributed by atoms with E-state index in [-0.39, 0.29) is 6.04 Å². The number of fused-ring (bicyclic) bond motifs is 5. The summed E-state index contributed by atoms with van der Waals surface area (Å²) in [5.74, 6) is 4.85. The van der Waals surface area contributed by atoms with E-state index in [0.29, 0.717) is 18.1 Å². The Kier molecular flexibility index (Phi) is 2.75. The SMILES string of the molecule is CCC1NC(C2CCCC2)N(C2C3C4CCC(C4)C32)C1=O. The predicted octanol–water partition coefficient (Wildman–Crippen LogP) is 2.76. The van der Waals surface area contributed by atoms with E-state index in [4.69, 9.17) is 0 Å². The highest BCUT2D eigenvalue weighted by molar-refractivity contribution is 5.85. The van der Waals surface area contributed by atoms with E-state index in [1.54, 1.807) is 0 Å². The predicted molar refractivity (Wildman–Crippen MR) is 81.4 cm³/mol. The lowest BCUT2D eigenvalue weighted by Gasteiger charge is -2.31. The first-order valence-electron chi connectivity index (χ1n) is 9.37. The minimum atomic E-state index is 0.106. The first-order valence-corrected chi connectivity index (χ1v) is 9.37. The smallest absolute Gasteiger partial charge is 0.241 e. The van der Waals surface area contributed by atoms with Gasteiger partial charge in [-0.2, -0.15) is 0 Å².